The fourth-order valence-corrected chi connectivity index (χ4v) is 1.58. The zero-order valence-corrected chi connectivity index (χ0v) is 9.87. The molecule has 0 radical (unpaired) electrons. The van der Waals surface area contributed by atoms with E-state index in [1.165, 1.54) is 7.11 Å². The normalized spacial score (nSPS) is 10.1. The number of carbonyl (C=O) groups excluding carboxylic acids is 2. The first-order valence-corrected chi connectivity index (χ1v) is 5.39. The number of carbonyl (C=O) groups is 2. The summed E-state index contributed by atoms with van der Waals surface area (Å²) in [5, 5.41) is 4.05. The van der Waals surface area contributed by atoms with Crippen LogP contribution < -0.4 is 0 Å². The van der Waals surface area contributed by atoms with Gasteiger partial charge in [0.25, 0.3) is 0 Å². The van der Waals surface area contributed by atoms with Crippen LogP contribution in [0.5, 0.6) is 0 Å². The van der Waals surface area contributed by atoms with Crippen molar-refractivity contribution in [2.24, 2.45) is 0 Å². The predicted molar refractivity (Wildman–Crippen MR) is 64.5 cm³/mol. The van der Waals surface area contributed by atoms with Crippen LogP contribution in [-0.4, -0.2) is 29.1 Å². The minimum absolute atomic E-state index is 0.358. The minimum Gasteiger partial charge on any atom is -0.465 e. The van der Waals surface area contributed by atoms with Crippen molar-refractivity contribution in [3.05, 3.63) is 53.3 Å². The lowest BCUT2D eigenvalue weighted by Gasteiger charge is -2.03. The van der Waals surface area contributed by atoms with Gasteiger partial charge in [0.05, 0.1) is 19.2 Å². The van der Waals surface area contributed by atoms with Crippen molar-refractivity contribution < 1.29 is 14.3 Å². The highest BCUT2D eigenvalue weighted by Gasteiger charge is 2.05. The number of esters is 1. The Labute approximate surface area is 104 Å². The first kappa shape index (κ1) is 12.0. The number of ether oxygens (including phenoxy) is 1. The highest BCUT2D eigenvalue weighted by Crippen LogP contribution is 2.07. The Morgan fingerprint density at radius 1 is 1.33 bits per heavy atom. The number of hydrogen-bond donors (Lipinski definition) is 0. The topological polar surface area (TPSA) is 61.2 Å². The third kappa shape index (κ3) is 2.63. The van der Waals surface area contributed by atoms with Crippen LogP contribution in [0.4, 0.5) is 0 Å². The van der Waals surface area contributed by atoms with Gasteiger partial charge in [0.1, 0.15) is 5.69 Å². The summed E-state index contributed by atoms with van der Waals surface area (Å²) >= 11 is 0. The van der Waals surface area contributed by atoms with Gasteiger partial charge in [-0.15, -0.1) is 0 Å². The molecule has 1 heterocycles. The maximum Gasteiger partial charge on any atom is 0.337 e. The van der Waals surface area contributed by atoms with E-state index in [2.05, 4.69) is 9.84 Å². The summed E-state index contributed by atoms with van der Waals surface area (Å²) in [6, 6.07) is 8.70. The second-order valence-corrected chi connectivity index (χ2v) is 3.74. The average Bonchev–Trinajstić information content (AvgIpc) is 2.86. The lowest BCUT2D eigenvalue weighted by atomic mass is 10.1. The van der Waals surface area contributed by atoms with E-state index >= 15 is 0 Å². The summed E-state index contributed by atoms with van der Waals surface area (Å²) < 4.78 is 6.28. The quantitative estimate of drug-likeness (QED) is 0.604. The molecule has 0 saturated heterocycles. The second kappa shape index (κ2) is 5.27. The Morgan fingerprint density at radius 2 is 2.06 bits per heavy atom. The van der Waals surface area contributed by atoms with Crippen LogP contribution in [0.25, 0.3) is 0 Å². The minimum atomic E-state index is -0.358. The van der Waals surface area contributed by atoms with Crippen molar-refractivity contribution in [2.45, 2.75) is 6.54 Å². The van der Waals surface area contributed by atoms with Gasteiger partial charge in [0, 0.05) is 6.20 Å². The highest BCUT2D eigenvalue weighted by atomic mass is 16.5. The number of methoxy groups -OCH3 is 1. The van der Waals surface area contributed by atoms with E-state index in [9.17, 15) is 9.59 Å². The van der Waals surface area contributed by atoms with E-state index in [1.54, 1.807) is 29.1 Å². The van der Waals surface area contributed by atoms with Gasteiger partial charge in [0.15, 0.2) is 6.29 Å². The van der Waals surface area contributed by atoms with Crippen molar-refractivity contribution in [3.63, 3.8) is 0 Å². The Bertz CT molecular complexity index is 558. The van der Waals surface area contributed by atoms with Gasteiger partial charge in [0.2, 0.25) is 0 Å². The summed E-state index contributed by atoms with van der Waals surface area (Å²) in [5.41, 5.74) is 1.90. The molecular formula is C13H12N2O3. The van der Waals surface area contributed by atoms with E-state index in [-0.39, 0.29) is 5.97 Å². The van der Waals surface area contributed by atoms with Crippen molar-refractivity contribution in [2.75, 3.05) is 7.11 Å². The maximum absolute atomic E-state index is 11.2. The van der Waals surface area contributed by atoms with Gasteiger partial charge in [-0.3, -0.25) is 9.48 Å². The number of rotatable bonds is 4. The Hall–Kier alpha value is -2.43. The summed E-state index contributed by atoms with van der Waals surface area (Å²) in [7, 11) is 1.35. The molecule has 92 valence electrons. The number of hydrogen-bond acceptors (Lipinski definition) is 4. The lowest BCUT2D eigenvalue weighted by molar-refractivity contribution is 0.0600. The van der Waals surface area contributed by atoms with E-state index in [0.29, 0.717) is 24.1 Å². The van der Waals surface area contributed by atoms with Crippen LogP contribution in [0, 0.1) is 0 Å². The summed E-state index contributed by atoms with van der Waals surface area (Å²) in [5.74, 6) is -0.358. The smallest absolute Gasteiger partial charge is 0.337 e. The number of benzene rings is 1. The number of aldehydes is 1. The lowest BCUT2D eigenvalue weighted by Crippen LogP contribution is -2.03. The van der Waals surface area contributed by atoms with E-state index in [0.717, 1.165) is 5.56 Å². The molecule has 2 rings (SSSR count). The average molecular weight is 244 g/mol. The fraction of sp³-hybridized carbons (Fsp3) is 0.154. The Morgan fingerprint density at radius 3 is 2.61 bits per heavy atom. The predicted octanol–water partition coefficient (Wildman–Crippen LogP) is 1.53. The van der Waals surface area contributed by atoms with Gasteiger partial charge in [-0.25, -0.2) is 4.79 Å². The largest absolute Gasteiger partial charge is 0.465 e. The van der Waals surface area contributed by atoms with E-state index in [1.807, 2.05) is 12.1 Å². The molecule has 5 nitrogen and oxygen atoms in total. The number of aromatic nitrogens is 2. The molecule has 0 aliphatic rings. The fourth-order valence-electron chi connectivity index (χ4n) is 1.58. The highest BCUT2D eigenvalue weighted by molar-refractivity contribution is 5.89. The molecule has 2 aromatic rings. The SMILES string of the molecule is COC(=O)c1ccc(Cn2ccc(C=O)n2)cc1. The van der Waals surface area contributed by atoms with Gasteiger partial charge >= 0.3 is 5.97 Å². The van der Waals surface area contributed by atoms with Crippen molar-refractivity contribution in [1.82, 2.24) is 9.78 Å². The van der Waals surface area contributed by atoms with Gasteiger partial charge in [-0.1, -0.05) is 12.1 Å². The first-order valence-electron chi connectivity index (χ1n) is 5.39. The summed E-state index contributed by atoms with van der Waals surface area (Å²) in [4.78, 5) is 21.7. The van der Waals surface area contributed by atoms with Crippen LogP contribution in [0.15, 0.2) is 36.5 Å². The molecule has 0 atom stereocenters. The Balaban J connectivity index is 2.10. The second-order valence-electron chi connectivity index (χ2n) is 3.74. The molecule has 0 bridgehead atoms. The van der Waals surface area contributed by atoms with Crippen LogP contribution in [0.1, 0.15) is 26.4 Å². The molecule has 0 amide bonds. The first-order chi connectivity index (χ1) is 8.72. The van der Waals surface area contributed by atoms with Crippen LogP contribution in [0.3, 0.4) is 0 Å². The zero-order chi connectivity index (χ0) is 13.0. The Kier molecular flexibility index (Phi) is 3.52. The third-order valence-electron chi connectivity index (χ3n) is 2.50. The standard InChI is InChI=1S/C13H12N2O3/c1-18-13(17)11-4-2-10(3-5-11)8-15-7-6-12(9-16)14-15/h2-7,9H,8H2,1H3. The molecule has 0 spiro atoms. The number of nitrogens with zero attached hydrogens (tertiary/aromatic N) is 2. The van der Waals surface area contributed by atoms with E-state index < -0.39 is 0 Å². The molecule has 0 N–H and O–H groups in total. The molecule has 5 heteroatoms. The van der Waals surface area contributed by atoms with Gasteiger partial charge < -0.3 is 4.74 Å². The molecule has 0 unspecified atom stereocenters. The van der Waals surface area contributed by atoms with Crippen LogP contribution in [-0.2, 0) is 11.3 Å². The zero-order valence-electron chi connectivity index (χ0n) is 9.87. The van der Waals surface area contributed by atoms with Crippen molar-refractivity contribution in [3.8, 4) is 0 Å². The molecule has 0 saturated carbocycles. The molecule has 18 heavy (non-hydrogen) atoms. The third-order valence-corrected chi connectivity index (χ3v) is 2.50. The van der Waals surface area contributed by atoms with E-state index in [4.69, 9.17) is 0 Å². The van der Waals surface area contributed by atoms with Gasteiger partial charge in [-0.2, -0.15) is 5.10 Å². The maximum atomic E-state index is 11.2. The molecule has 0 fully saturated rings. The monoisotopic (exact) mass is 244 g/mol. The molecule has 1 aromatic carbocycles. The van der Waals surface area contributed by atoms with Crippen molar-refractivity contribution >= 4 is 12.3 Å². The summed E-state index contributed by atoms with van der Waals surface area (Å²) in [6.07, 6.45) is 2.44. The van der Waals surface area contributed by atoms with Crippen LogP contribution >= 0.6 is 0 Å². The summed E-state index contributed by atoms with van der Waals surface area (Å²) in [6.45, 7) is 0.551. The van der Waals surface area contributed by atoms with Crippen LogP contribution in [0.2, 0.25) is 0 Å². The molecule has 0 aliphatic heterocycles. The molecule has 0 aliphatic carbocycles. The molecular weight excluding hydrogens is 232 g/mol. The van der Waals surface area contributed by atoms with Gasteiger partial charge in [-0.05, 0) is 23.8 Å². The van der Waals surface area contributed by atoms with Crippen molar-refractivity contribution in [1.29, 1.82) is 0 Å². The molecule has 1 aromatic heterocycles.